The molecule has 1 amide bonds. The average molecular weight is 312 g/mol. The highest BCUT2D eigenvalue weighted by atomic mass is 32.1. The Morgan fingerprint density at radius 2 is 2.05 bits per heavy atom. The highest BCUT2D eigenvalue weighted by molar-refractivity contribution is 7.18. The van der Waals surface area contributed by atoms with E-state index in [0.29, 0.717) is 6.61 Å². The van der Waals surface area contributed by atoms with Gasteiger partial charge in [-0.15, -0.1) is 11.3 Å². The lowest BCUT2D eigenvalue weighted by Gasteiger charge is -2.06. The van der Waals surface area contributed by atoms with Crippen LogP contribution in [0.4, 0.5) is 5.69 Å². The second kappa shape index (κ2) is 6.68. The number of aryl methyl sites for hydroxylation is 1. The summed E-state index contributed by atoms with van der Waals surface area (Å²) >= 11 is 1.61. The fraction of sp³-hybridized carbons (Fsp3) is 0.176. The van der Waals surface area contributed by atoms with Crippen molar-refractivity contribution in [3.8, 4) is 0 Å². The number of hydrogen-bond donors (Lipinski definition) is 1. The predicted molar refractivity (Wildman–Crippen MR) is 89.1 cm³/mol. The van der Waals surface area contributed by atoms with E-state index < -0.39 is 0 Å². The summed E-state index contributed by atoms with van der Waals surface area (Å²) in [5, 5.41) is 3.86. The van der Waals surface area contributed by atoms with Crippen molar-refractivity contribution in [2.24, 2.45) is 0 Å². The van der Waals surface area contributed by atoms with Crippen molar-refractivity contribution in [3.05, 3.63) is 59.1 Å². The van der Waals surface area contributed by atoms with E-state index in [1.165, 1.54) is 0 Å². The Balaban J connectivity index is 1.54. The average Bonchev–Trinajstić information content (AvgIpc) is 2.87. The first kappa shape index (κ1) is 14.7. The molecule has 0 fully saturated rings. The van der Waals surface area contributed by atoms with Gasteiger partial charge in [0.1, 0.15) is 6.61 Å². The number of aromatic nitrogens is 1. The number of thiazole rings is 1. The highest BCUT2D eigenvalue weighted by Gasteiger charge is 2.05. The number of carbonyl (C=O) groups is 1. The standard InChI is InChI=1S/C17H16N2O2S/c1-12-18-15-8-7-14(9-16(15)22-12)19-17(20)11-21-10-13-5-3-2-4-6-13/h2-9H,10-11H2,1H3,(H,19,20). The molecule has 0 bridgehead atoms. The van der Waals surface area contributed by atoms with Crippen LogP contribution >= 0.6 is 11.3 Å². The zero-order valence-electron chi connectivity index (χ0n) is 12.2. The molecular weight excluding hydrogens is 296 g/mol. The molecule has 0 spiro atoms. The van der Waals surface area contributed by atoms with E-state index in [2.05, 4.69) is 10.3 Å². The van der Waals surface area contributed by atoms with Gasteiger partial charge in [0, 0.05) is 5.69 Å². The van der Waals surface area contributed by atoms with Crippen molar-refractivity contribution in [3.63, 3.8) is 0 Å². The van der Waals surface area contributed by atoms with Crippen LogP contribution in [0.3, 0.4) is 0 Å². The lowest BCUT2D eigenvalue weighted by molar-refractivity contribution is -0.121. The van der Waals surface area contributed by atoms with Gasteiger partial charge in [-0.05, 0) is 30.7 Å². The van der Waals surface area contributed by atoms with Crippen LogP contribution in [0.25, 0.3) is 10.2 Å². The van der Waals surface area contributed by atoms with E-state index in [4.69, 9.17) is 4.74 Å². The minimum Gasteiger partial charge on any atom is -0.367 e. The molecule has 112 valence electrons. The maximum atomic E-state index is 11.9. The predicted octanol–water partition coefficient (Wildman–Crippen LogP) is 3.76. The Morgan fingerprint density at radius 3 is 2.86 bits per heavy atom. The Hall–Kier alpha value is -2.24. The van der Waals surface area contributed by atoms with Crippen LogP contribution in [0.2, 0.25) is 0 Å². The Morgan fingerprint density at radius 1 is 1.23 bits per heavy atom. The lowest BCUT2D eigenvalue weighted by atomic mass is 10.2. The number of amides is 1. The van der Waals surface area contributed by atoms with Gasteiger partial charge in [0.15, 0.2) is 0 Å². The molecule has 0 radical (unpaired) electrons. The minimum absolute atomic E-state index is 0.0364. The van der Waals surface area contributed by atoms with E-state index in [-0.39, 0.29) is 12.5 Å². The zero-order valence-corrected chi connectivity index (χ0v) is 13.0. The van der Waals surface area contributed by atoms with Crippen LogP contribution in [-0.4, -0.2) is 17.5 Å². The topological polar surface area (TPSA) is 51.2 Å². The summed E-state index contributed by atoms with van der Waals surface area (Å²) in [6.45, 7) is 2.44. The van der Waals surface area contributed by atoms with Crippen LogP contribution < -0.4 is 5.32 Å². The first-order valence-electron chi connectivity index (χ1n) is 6.99. The number of fused-ring (bicyclic) bond motifs is 1. The molecule has 22 heavy (non-hydrogen) atoms. The molecule has 0 saturated carbocycles. The number of carbonyl (C=O) groups excluding carboxylic acids is 1. The maximum Gasteiger partial charge on any atom is 0.250 e. The van der Waals surface area contributed by atoms with Crippen LogP contribution in [0.15, 0.2) is 48.5 Å². The summed E-state index contributed by atoms with van der Waals surface area (Å²) in [5.74, 6) is -0.156. The molecule has 3 rings (SSSR count). The molecule has 0 aliphatic carbocycles. The molecule has 0 aliphatic rings. The summed E-state index contributed by atoms with van der Waals surface area (Å²) in [5.41, 5.74) is 2.78. The lowest BCUT2D eigenvalue weighted by Crippen LogP contribution is -2.18. The number of hydrogen-bond acceptors (Lipinski definition) is 4. The third-order valence-corrected chi connectivity index (χ3v) is 4.06. The van der Waals surface area contributed by atoms with E-state index in [1.54, 1.807) is 11.3 Å². The molecule has 1 N–H and O–H groups in total. The summed E-state index contributed by atoms with van der Waals surface area (Å²) in [4.78, 5) is 16.3. The Kier molecular flexibility index (Phi) is 4.46. The van der Waals surface area contributed by atoms with Gasteiger partial charge in [0.25, 0.3) is 0 Å². The second-order valence-corrected chi connectivity index (χ2v) is 6.18. The quantitative estimate of drug-likeness (QED) is 0.780. The normalized spacial score (nSPS) is 10.8. The SMILES string of the molecule is Cc1nc2ccc(NC(=O)COCc3ccccc3)cc2s1. The molecule has 0 unspecified atom stereocenters. The molecule has 1 heterocycles. The number of rotatable bonds is 5. The van der Waals surface area contributed by atoms with Gasteiger partial charge in [-0.2, -0.15) is 0 Å². The third-order valence-electron chi connectivity index (χ3n) is 3.12. The van der Waals surface area contributed by atoms with Gasteiger partial charge in [-0.25, -0.2) is 4.98 Å². The van der Waals surface area contributed by atoms with E-state index in [9.17, 15) is 4.79 Å². The maximum absolute atomic E-state index is 11.9. The van der Waals surface area contributed by atoms with Crippen molar-refractivity contribution in [2.75, 3.05) is 11.9 Å². The van der Waals surface area contributed by atoms with Crippen molar-refractivity contribution in [1.82, 2.24) is 4.98 Å². The molecular formula is C17H16N2O2S. The number of ether oxygens (including phenoxy) is 1. The fourth-order valence-corrected chi connectivity index (χ4v) is 3.02. The molecule has 3 aromatic rings. The molecule has 5 heteroatoms. The molecule has 0 atom stereocenters. The molecule has 4 nitrogen and oxygen atoms in total. The van der Waals surface area contributed by atoms with Gasteiger partial charge in [-0.1, -0.05) is 30.3 Å². The van der Waals surface area contributed by atoms with Crippen LogP contribution in [0, 0.1) is 6.92 Å². The summed E-state index contributed by atoms with van der Waals surface area (Å²) in [7, 11) is 0. The largest absolute Gasteiger partial charge is 0.367 e. The van der Waals surface area contributed by atoms with Crippen LogP contribution in [0.5, 0.6) is 0 Å². The second-order valence-electron chi connectivity index (χ2n) is 4.94. The summed E-state index contributed by atoms with van der Waals surface area (Å²) in [6.07, 6.45) is 0. The van der Waals surface area contributed by atoms with Gasteiger partial charge in [0.2, 0.25) is 5.91 Å². The minimum atomic E-state index is -0.156. The molecule has 0 saturated heterocycles. The van der Waals surface area contributed by atoms with Gasteiger partial charge < -0.3 is 10.1 Å². The van der Waals surface area contributed by atoms with E-state index >= 15 is 0 Å². The number of nitrogens with zero attached hydrogens (tertiary/aromatic N) is 1. The molecule has 1 aromatic heterocycles. The Labute approximate surface area is 132 Å². The fourth-order valence-electron chi connectivity index (χ4n) is 2.15. The van der Waals surface area contributed by atoms with Gasteiger partial charge >= 0.3 is 0 Å². The van der Waals surface area contributed by atoms with Crippen LogP contribution in [-0.2, 0) is 16.1 Å². The monoisotopic (exact) mass is 312 g/mol. The number of nitrogens with one attached hydrogen (secondary N) is 1. The van der Waals surface area contributed by atoms with Crippen molar-refractivity contribution < 1.29 is 9.53 Å². The van der Waals surface area contributed by atoms with Crippen molar-refractivity contribution >= 4 is 33.1 Å². The smallest absolute Gasteiger partial charge is 0.250 e. The Bertz CT molecular complexity index is 784. The zero-order chi connectivity index (χ0) is 15.4. The first-order chi connectivity index (χ1) is 10.7. The number of anilines is 1. The first-order valence-corrected chi connectivity index (χ1v) is 7.81. The highest BCUT2D eigenvalue weighted by Crippen LogP contribution is 2.24. The summed E-state index contributed by atoms with van der Waals surface area (Å²) in [6, 6.07) is 15.5. The third kappa shape index (κ3) is 3.69. The molecule has 2 aromatic carbocycles. The summed E-state index contributed by atoms with van der Waals surface area (Å²) < 4.78 is 6.49. The van der Waals surface area contributed by atoms with Crippen molar-refractivity contribution in [1.29, 1.82) is 0 Å². The van der Waals surface area contributed by atoms with E-state index in [1.807, 2.05) is 55.5 Å². The van der Waals surface area contributed by atoms with Gasteiger partial charge in [0.05, 0.1) is 21.8 Å². The van der Waals surface area contributed by atoms with Gasteiger partial charge in [-0.3, -0.25) is 4.79 Å². The number of benzene rings is 2. The van der Waals surface area contributed by atoms with Crippen LogP contribution in [0.1, 0.15) is 10.6 Å². The molecule has 0 aliphatic heterocycles. The van der Waals surface area contributed by atoms with E-state index in [0.717, 1.165) is 26.5 Å². The van der Waals surface area contributed by atoms with Crippen molar-refractivity contribution in [2.45, 2.75) is 13.5 Å².